The molecule has 2 heterocycles. The molecule has 2 atom stereocenters. The van der Waals surface area contributed by atoms with E-state index in [1.165, 1.54) is 4.90 Å². The molecule has 2 aliphatic heterocycles. The number of carbonyl (C=O) groups excluding carboxylic acids is 2. The first kappa shape index (κ1) is 19.9. The molecule has 152 valence electrons. The van der Waals surface area contributed by atoms with Crippen molar-refractivity contribution in [3.63, 3.8) is 0 Å². The Morgan fingerprint density at radius 1 is 1.10 bits per heavy atom. The van der Waals surface area contributed by atoms with Crippen LogP contribution in [0.2, 0.25) is 0 Å². The molecule has 29 heavy (non-hydrogen) atoms. The molecule has 0 radical (unpaired) electrons. The fourth-order valence-electron chi connectivity index (χ4n) is 3.90. The quantitative estimate of drug-likeness (QED) is 0.724. The number of hydrogen-bond donors (Lipinski definition) is 2. The average Bonchev–Trinajstić information content (AvgIpc) is 3.05. The minimum absolute atomic E-state index is 0.274. The van der Waals surface area contributed by atoms with Crippen molar-refractivity contribution >= 4 is 39.3 Å². The number of benzene rings is 2. The highest BCUT2D eigenvalue weighted by atomic mass is 32.2. The smallest absolute Gasteiger partial charge is 0.256 e. The van der Waals surface area contributed by atoms with E-state index in [4.69, 9.17) is 0 Å². The second kappa shape index (κ2) is 7.47. The van der Waals surface area contributed by atoms with Crippen molar-refractivity contribution in [1.82, 2.24) is 9.62 Å². The van der Waals surface area contributed by atoms with Gasteiger partial charge in [-0.3, -0.25) is 9.59 Å². The first-order valence-corrected chi connectivity index (χ1v) is 12.3. The van der Waals surface area contributed by atoms with Gasteiger partial charge in [0.05, 0.1) is 23.5 Å². The molecule has 7 nitrogen and oxygen atoms in total. The van der Waals surface area contributed by atoms with Gasteiger partial charge in [0.1, 0.15) is 6.04 Å². The van der Waals surface area contributed by atoms with Gasteiger partial charge < -0.3 is 10.2 Å². The number of rotatable bonds is 4. The van der Waals surface area contributed by atoms with E-state index in [1.54, 1.807) is 23.9 Å². The van der Waals surface area contributed by atoms with Crippen LogP contribution in [0, 0.1) is 0 Å². The normalized spacial score (nSPS) is 21.4. The zero-order valence-corrected chi connectivity index (χ0v) is 17.6. The van der Waals surface area contributed by atoms with E-state index < -0.39 is 22.1 Å². The van der Waals surface area contributed by atoms with Crippen molar-refractivity contribution in [2.75, 3.05) is 24.4 Å². The molecule has 2 aromatic rings. The number of amides is 2. The summed E-state index contributed by atoms with van der Waals surface area (Å²) < 4.78 is 25.8. The molecule has 2 amide bonds. The third-order valence-corrected chi connectivity index (χ3v) is 6.70. The van der Waals surface area contributed by atoms with Gasteiger partial charge in [-0.05, 0) is 48.1 Å². The molecule has 0 saturated carbocycles. The van der Waals surface area contributed by atoms with Crippen LogP contribution in [0.4, 0.5) is 5.69 Å². The van der Waals surface area contributed by atoms with E-state index in [1.807, 2.05) is 36.6 Å². The molecular weight excluding hydrogens is 410 g/mol. The van der Waals surface area contributed by atoms with Crippen molar-refractivity contribution in [2.45, 2.75) is 23.4 Å². The first-order chi connectivity index (χ1) is 13.8. The molecule has 0 spiro atoms. The standard InChI is InChI=1S/C20H21N3O4S2/c1-28-14-6-3-12(4-7-14)13-5-8-16-15(11-13)20(25)23-10-9-17(22-29(2,26)27)18(23)19(24)21-16/h3-8,11,17-18,22H,9-10H2,1-2H3,(H,21,24). The highest BCUT2D eigenvalue weighted by Gasteiger charge is 2.45. The van der Waals surface area contributed by atoms with Crippen LogP contribution in [0.25, 0.3) is 11.1 Å². The van der Waals surface area contributed by atoms with Crippen LogP contribution in [0.1, 0.15) is 16.8 Å². The van der Waals surface area contributed by atoms with Crippen molar-refractivity contribution in [3.05, 3.63) is 48.0 Å². The number of thioether (sulfide) groups is 1. The second-order valence-corrected chi connectivity index (χ2v) is 9.87. The molecule has 2 aromatic carbocycles. The topological polar surface area (TPSA) is 95.6 Å². The Labute approximate surface area is 173 Å². The Balaban J connectivity index is 1.69. The summed E-state index contributed by atoms with van der Waals surface area (Å²) in [5.41, 5.74) is 2.70. The van der Waals surface area contributed by atoms with Crippen molar-refractivity contribution < 1.29 is 18.0 Å². The van der Waals surface area contributed by atoms with Gasteiger partial charge in [0.25, 0.3) is 5.91 Å². The molecule has 9 heteroatoms. The summed E-state index contributed by atoms with van der Waals surface area (Å²) in [6.45, 7) is 0.316. The number of sulfonamides is 1. The maximum absolute atomic E-state index is 13.2. The van der Waals surface area contributed by atoms with Gasteiger partial charge in [0.2, 0.25) is 15.9 Å². The van der Waals surface area contributed by atoms with E-state index in [9.17, 15) is 18.0 Å². The molecule has 2 N–H and O–H groups in total. The van der Waals surface area contributed by atoms with Gasteiger partial charge in [-0.2, -0.15) is 0 Å². The maximum Gasteiger partial charge on any atom is 0.256 e. The second-order valence-electron chi connectivity index (χ2n) is 7.21. The molecular formula is C20H21N3O4S2. The van der Waals surface area contributed by atoms with Crippen LogP contribution >= 0.6 is 11.8 Å². The highest BCUT2D eigenvalue weighted by Crippen LogP contribution is 2.32. The number of hydrogen-bond acceptors (Lipinski definition) is 5. The number of nitrogens with zero attached hydrogens (tertiary/aromatic N) is 1. The van der Waals surface area contributed by atoms with Gasteiger partial charge in [-0.25, -0.2) is 13.1 Å². The predicted molar refractivity (Wildman–Crippen MR) is 113 cm³/mol. The molecule has 2 unspecified atom stereocenters. The Morgan fingerprint density at radius 3 is 2.45 bits per heavy atom. The lowest BCUT2D eigenvalue weighted by atomic mass is 10.0. The van der Waals surface area contributed by atoms with Crippen LogP contribution < -0.4 is 10.0 Å². The zero-order valence-electron chi connectivity index (χ0n) is 16.0. The summed E-state index contributed by atoms with van der Waals surface area (Å²) in [6.07, 6.45) is 3.45. The fourth-order valence-corrected chi connectivity index (χ4v) is 5.10. The molecule has 1 saturated heterocycles. The van der Waals surface area contributed by atoms with Gasteiger partial charge >= 0.3 is 0 Å². The van der Waals surface area contributed by atoms with Crippen LogP contribution in [-0.2, 0) is 14.8 Å². The van der Waals surface area contributed by atoms with Gasteiger partial charge in [-0.15, -0.1) is 11.8 Å². The van der Waals surface area contributed by atoms with Crippen molar-refractivity contribution in [2.24, 2.45) is 0 Å². The average molecular weight is 432 g/mol. The largest absolute Gasteiger partial charge is 0.325 e. The Kier molecular flexibility index (Phi) is 5.14. The number of carbonyl (C=O) groups is 2. The summed E-state index contributed by atoms with van der Waals surface area (Å²) in [6, 6.07) is 11.9. The Hall–Kier alpha value is -2.36. The summed E-state index contributed by atoms with van der Waals surface area (Å²) in [5, 5.41) is 2.80. The first-order valence-electron chi connectivity index (χ1n) is 9.14. The van der Waals surface area contributed by atoms with E-state index in [-0.39, 0.29) is 11.8 Å². The zero-order chi connectivity index (χ0) is 20.8. The van der Waals surface area contributed by atoms with Crippen LogP contribution in [0.3, 0.4) is 0 Å². The number of anilines is 1. The lowest BCUT2D eigenvalue weighted by Crippen LogP contribution is -2.51. The summed E-state index contributed by atoms with van der Waals surface area (Å²) in [4.78, 5) is 28.6. The Morgan fingerprint density at radius 2 is 1.79 bits per heavy atom. The molecule has 0 aromatic heterocycles. The minimum Gasteiger partial charge on any atom is -0.325 e. The lowest BCUT2D eigenvalue weighted by molar-refractivity contribution is -0.120. The third-order valence-electron chi connectivity index (χ3n) is 5.22. The van der Waals surface area contributed by atoms with Gasteiger partial charge in [-0.1, -0.05) is 18.2 Å². The van der Waals surface area contributed by atoms with Crippen LogP contribution in [0.15, 0.2) is 47.4 Å². The summed E-state index contributed by atoms with van der Waals surface area (Å²) in [5.74, 6) is -0.656. The molecule has 1 fully saturated rings. The van der Waals surface area contributed by atoms with Crippen LogP contribution in [0.5, 0.6) is 0 Å². The van der Waals surface area contributed by atoms with E-state index in [0.29, 0.717) is 24.2 Å². The maximum atomic E-state index is 13.2. The lowest BCUT2D eigenvalue weighted by Gasteiger charge is -2.24. The van der Waals surface area contributed by atoms with E-state index >= 15 is 0 Å². The van der Waals surface area contributed by atoms with Crippen molar-refractivity contribution in [1.29, 1.82) is 0 Å². The fraction of sp³-hybridized carbons (Fsp3) is 0.300. The monoisotopic (exact) mass is 431 g/mol. The third kappa shape index (κ3) is 3.90. The summed E-state index contributed by atoms with van der Waals surface area (Å²) in [7, 11) is -3.50. The minimum atomic E-state index is -3.50. The molecule has 4 rings (SSSR count). The number of fused-ring (bicyclic) bond motifs is 2. The van der Waals surface area contributed by atoms with Crippen molar-refractivity contribution in [3.8, 4) is 11.1 Å². The molecule has 0 bridgehead atoms. The predicted octanol–water partition coefficient (Wildman–Crippen LogP) is 2.16. The van der Waals surface area contributed by atoms with Crippen LogP contribution in [-0.4, -0.2) is 56.3 Å². The SMILES string of the molecule is CSc1ccc(-c2ccc3c(c2)C(=O)N2CCC(NS(C)(=O)=O)C2C(=O)N3)cc1. The van der Waals surface area contributed by atoms with E-state index in [0.717, 1.165) is 22.3 Å². The molecule has 0 aliphatic carbocycles. The van der Waals surface area contributed by atoms with Gasteiger partial charge in [0, 0.05) is 11.4 Å². The summed E-state index contributed by atoms with van der Waals surface area (Å²) >= 11 is 1.66. The van der Waals surface area contributed by atoms with E-state index in [2.05, 4.69) is 10.0 Å². The van der Waals surface area contributed by atoms with Gasteiger partial charge in [0.15, 0.2) is 0 Å². The highest BCUT2D eigenvalue weighted by molar-refractivity contribution is 7.98. The Bertz CT molecular complexity index is 1080. The number of nitrogens with one attached hydrogen (secondary N) is 2. The molecule has 2 aliphatic rings.